The summed E-state index contributed by atoms with van der Waals surface area (Å²) in [5.74, 6) is 2.88. The number of carbonyl (C=O) groups is 1. The molecule has 0 saturated heterocycles. The van der Waals surface area contributed by atoms with Crippen molar-refractivity contribution in [3.63, 3.8) is 0 Å². The van der Waals surface area contributed by atoms with Crippen LogP contribution in [-0.2, 0) is 11.2 Å². The molecule has 0 bridgehead atoms. The molecule has 0 aromatic heterocycles. The van der Waals surface area contributed by atoms with Gasteiger partial charge in [0.25, 0.3) is 5.91 Å². The number of fused-ring (bicyclic) bond motifs is 1. The number of ether oxygens (including phenoxy) is 1. The molecule has 1 aliphatic rings. The standard InChI is InChI=1S/C14H12N2O2/c1-2-8-16(9-7-15)14(17)13-10-11-5-3-4-6-12(11)18-13/h1,3-6,13H,8-10H2. The van der Waals surface area contributed by atoms with Crippen molar-refractivity contribution in [2.24, 2.45) is 0 Å². The van der Waals surface area contributed by atoms with E-state index in [-0.39, 0.29) is 19.0 Å². The molecule has 0 aliphatic carbocycles. The highest BCUT2D eigenvalue weighted by molar-refractivity contribution is 5.83. The third-order valence-corrected chi connectivity index (χ3v) is 2.78. The molecule has 0 saturated carbocycles. The van der Waals surface area contributed by atoms with E-state index in [0.29, 0.717) is 6.42 Å². The van der Waals surface area contributed by atoms with Gasteiger partial charge in [-0.25, -0.2) is 0 Å². The molecule has 2 rings (SSSR count). The van der Waals surface area contributed by atoms with Gasteiger partial charge in [0.15, 0.2) is 6.10 Å². The van der Waals surface area contributed by atoms with Crippen LogP contribution in [0.15, 0.2) is 24.3 Å². The second-order valence-electron chi connectivity index (χ2n) is 3.97. The highest BCUT2D eigenvalue weighted by Gasteiger charge is 2.31. The van der Waals surface area contributed by atoms with E-state index in [1.54, 1.807) is 0 Å². The molecule has 1 heterocycles. The molecule has 1 aromatic rings. The number of nitrogens with zero attached hydrogens (tertiary/aromatic N) is 2. The Morgan fingerprint density at radius 2 is 2.28 bits per heavy atom. The van der Waals surface area contributed by atoms with Crippen molar-refractivity contribution >= 4 is 5.91 Å². The Bertz CT molecular complexity index is 498. The highest BCUT2D eigenvalue weighted by atomic mass is 16.5. The van der Waals surface area contributed by atoms with Crippen molar-refractivity contribution in [1.29, 1.82) is 5.26 Å². The van der Waals surface area contributed by atoms with E-state index in [1.165, 1.54) is 4.90 Å². The number of hydrogen-bond acceptors (Lipinski definition) is 3. The molecular formula is C14H12N2O2. The van der Waals surface area contributed by atoms with Crippen molar-refractivity contribution in [2.75, 3.05) is 13.1 Å². The van der Waals surface area contributed by atoms with E-state index in [2.05, 4.69) is 5.92 Å². The molecule has 1 aliphatic heterocycles. The molecule has 1 aromatic carbocycles. The lowest BCUT2D eigenvalue weighted by Gasteiger charge is -2.20. The number of rotatable bonds is 3. The first-order valence-electron chi connectivity index (χ1n) is 5.60. The summed E-state index contributed by atoms with van der Waals surface area (Å²) in [6.07, 6.45) is 5.15. The lowest BCUT2D eigenvalue weighted by Crippen LogP contribution is -2.41. The number of benzene rings is 1. The van der Waals surface area contributed by atoms with Gasteiger partial charge in [0.2, 0.25) is 0 Å². The molecule has 90 valence electrons. The number of amides is 1. The summed E-state index contributed by atoms with van der Waals surface area (Å²) >= 11 is 0. The smallest absolute Gasteiger partial charge is 0.265 e. The Kier molecular flexibility index (Phi) is 3.50. The third-order valence-electron chi connectivity index (χ3n) is 2.78. The van der Waals surface area contributed by atoms with E-state index in [4.69, 9.17) is 16.4 Å². The van der Waals surface area contributed by atoms with Gasteiger partial charge >= 0.3 is 0 Å². The Labute approximate surface area is 106 Å². The van der Waals surface area contributed by atoms with Crippen molar-refractivity contribution in [1.82, 2.24) is 4.90 Å². The van der Waals surface area contributed by atoms with Gasteiger partial charge in [0, 0.05) is 6.42 Å². The van der Waals surface area contributed by atoms with Crippen LogP contribution >= 0.6 is 0 Å². The zero-order chi connectivity index (χ0) is 13.0. The van der Waals surface area contributed by atoms with Crippen molar-refractivity contribution < 1.29 is 9.53 Å². The average Bonchev–Trinajstić information content (AvgIpc) is 2.81. The molecule has 0 fully saturated rings. The second-order valence-corrected chi connectivity index (χ2v) is 3.97. The van der Waals surface area contributed by atoms with E-state index >= 15 is 0 Å². The fourth-order valence-electron chi connectivity index (χ4n) is 1.93. The van der Waals surface area contributed by atoms with Gasteiger partial charge in [-0.05, 0) is 11.6 Å². The van der Waals surface area contributed by atoms with Crippen molar-refractivity contribution in [2.45, 2.75) is 12.5 Å². The number of para-hydroxylation sites is 1. The van der Waals surface area contributed by atoms with Gasteiger partial charge in [0.1, 0.15) is 12.3 Å². The molecule has 1 unspecified atom stereocenters. The van der Waals surface area contributed by atoms with Crippen molar-refractivity contribution in [3.8, 4) is 24.2 Å². The van der Waals surface area contributed by atoms with Gasteiger partial charge in [-0.15, -0.1) is 6.42 Å². The van der Waals surface area contributed by atoms with Crippen LogP contribution in [0.1, 0.15) is 5.56 Å². The maximum atomic E-state index is 12.1. The topological polar surface area (TPSA) is 53.3 Å². The average molecular weight is 240 g/mol. The van der Waals surface area contributed by atoms with E-state index in [1.807, 2.05) is 30.3 Å². The van der Waals surface area contributed by atoms with Crippen molar-refractivity contribution in [3.05, 3.63) is 29.8 Å². The summed E-state index contributed by atoms with van der Waals surface area (Å²) in [5, 5.41) is 8.68. The minimum absolute atomic E-state index is 0.0146. The van der Waals surface area contributed by atoms with Crippen LogP contribution in [0.3, 0.4) is 0 Å². The molecule has 0 N–H and O–H groups in total. The Morgan fingerprint density at radius 1 is 1.50 bits per heavy atom. The quantitative estimate of drug-likeness (QED) is 0.584. The highest BCUT2D eigenvalue weighted by Crippen LogP contribution is 2.28. The van der Waals surface area contributed by atoms with E-state index < -0.39 is 6.10 Å². The van der Waals surface area contributed by atoms with Gasteiger partial charge in [0.05, 0.1) is 12.6 Å². The molecule has 0 spiro atoms. The summed E-state index contributed by atoms with van der Waals surface area (Å²) in [4.78, 5) is 13.5. The lowest BCUT2D eigenvalue weighted by atomic mass is 10.1. The largest absolute Gasteiger partial charge is 0.480 e. The number of hydrogen-bond donors (Lipinski definition) is 0. The van der Waals surface area contributed by atoms with Crippen LogP contribution in [0, 0.1) is 23.7 Å². The zero-order valence-electron chi connectivity index (χ0n) is 9.80. The van der Waals surface area contributed by atoms with Crippen LogP contribution in [0.4, 0.5) is 0 Å². The molecule has 1 amide bonds. The number of nitriles is 1. The maximum absolute atomic E-state index is 12.1. The third kappa shape index (κ3) is 2.28. The predicted molar refractivity (Wildman–Crippen MR) is 65.6 cm³/mol. The fraction of sp³-hybridized carbons (Fsp3) is 0.286. The van der Waals surface area contributed by atoms with Gasteiger partial charge in [-0.3, -0.25) is 4.79 Å². The van der Waals surface area contributed by atoms with Crippen LogP contribution < -0.4 is 4.74 Å². The SMILES string of the molecule is C#CCN(CC#N)C(=O)C1Cc2ccccc2O1. The predicted octanol–water partition coefficient (Wildman–Crippen LogP) is 0.975. The van der Waals surface area contributed by atoms with Gasteiger partial charge in [-0.1, -0.05) is 24.1 Å². The number of carbonyl (C=O) groups excluding carboxylic acids is 1. The molecule has 0 radical (unpaired) electrons. The summed E-state index contributed by atoms with van der Waals surface area (Å²) < 4.78 is 5.57. The minimum Gasteiger partial charge on any atom is -0.480 e. The monoisotopic (exact) mass is 240 g/mol. The minimum atomic E-state index is -0.566. The number of terminal acetylenes is 1. The molecule has 4 nitrogen and oxygen atoms in total. The van der Waals surface area contributed by atoms with E-state index in [9.17, 15) is 4.79 Å². The summed E-state index contributed by atoms with van der Waals surface area (Å²) in [7, 11) is 0. The van der Waals surface area contributed by atoms with Gasteiger partial charge < -0.3 is 9.64 Å². The van der Waals surface area contributed by atoms with Crippen LogP contribution in [-0.4, -0.2) is 30.0 Å². The molecule has 1 atom stereocenters. The molecule has 18 heavy (non-hydrogen) atoms. The molecule has 4 heteroatoms. The summed E-state index contributed by atoms with van der Waals surface area (Å²) in [6.45, 7) is 0.113. The lowest BCUT2D eigenvalue weighted by molar-refractivity contribution is -0.136. The first-order valence-corrected chi connectivity index (χ1v) is 5.60. The first-order chi connectivity index (χ1) is 8.76. The zero-order valence-corrected chi connectivity index (χ0v) is 9.80. The Balaban J connectivity index is 2.09. The van der Waals surface area contributed by atoms with Crippen LogP contribution in [0.5, 0.6) is 5.75 Å². The van der Waals surface area contributed by atoms with E-state index in [0.717, 1.165) is 11.3 Å². The summed E-state index contributed by atoms with van der Waals surface area (Å²) in [5.41, 5.74) is 1.01. The Hall–Kier alpha value is -2.46. The first kappa shape index (κ1) is 12.0. The Morgan fingerprint density at radius 3 is 2.94 bits per heavy atom. The van der Waals surface area contributed by atoms with Gasteiger partial charge in [-0.2, -0.15) is 5.26 Å². The summed E-state index contributed by atoms with van der Waals surface area (Å²) in [6, 6.07) is 9.46. The molecular weight excluding hydrogens is 228 g/mol. The maximum Gasteiger partial charge on any atom is 0.265 e. The second kappa shape index (κ2) is 5.25. The van der Waals surface area contributed by atoms with Crippen LogP contribution in [0.2, 0.25) is 0 Å². The van der Waals surface area contributed by atoms with Crippen LogP contribution in [0.25, 0.3) is 0 Å². The normalized spacial score (nSPS) is 16.0. The fourth-order valence-corrected chi connectivity index (χ4v) is 1.93.